The Bertz CT molecular complexity index is 1270. The molecule has 0 bridgehead atoms. The first-order chi connectivity index (χ1) is 16.8. The zero-order valence-corrected chi connectivity index (χ0v) is 19.4. The summed E-state index contributed by atoms with van der Waals surface area (Å²) in [7, 11) is 0. The van der Waals surface area contributed by atoms with E-state index in [1.54, 1.807) is 24.3 Å². The second kappa shape index (κ2) is 10.8. The third kappa shape index (κ3) is 6.56. The molecular weight excluding hydrogens is 456 g/mol. The van der Waals surface area contributed by atoms with Crippen molar-refractivity contribution in [2.24, 2.45) is 0 Å². The number of nitrogens with zero attached hydrogens (tertiary/aromatic N) is 2. The van der Waals surface area contributed by atoms with Gasteiger partial charge in [0.2, 0.25) is 0 Å². The Labute approximate surface area is 201 Å². The maximum absolute atomic E-state index is 15.2. The van der Waals surface area contributed by atoms with Gasteiger partial charge < -0.3 is 4.74 Å². The van der Waals surface area contributed by atoms with Crippen LogP contribution in [0.15, 0.2) is 67.0 Å². The number of aromatic nitrogens is 2. The maximum Gasteiger partial charge on any atom is 0.573 e. The molecule has 0 aliphatic carbocycles. The lowest BCUT2D eigenvalue weighted by Crippen LogP contribution is -2.17. The lowest BCUT2D eigenvalue weighted by Gasteiger charge is -2.10. The van der Waals surface area contributed by atoms with Crippen LogP contribution in [0.5, 0.6) is 5.75 Å². The molecule has 0 saturated heterocycles. The van der Waals surface area contributed by atoms with Gasteiger partial charge in [0.05, 0.1) is 0 Å². The molecular formula is C28H26F4N2O. The van der Waals surface area contributed by atoms with Crippen LogP contribution < -0.4 is 4.74 Å². The van der Waals surface area contributed by atoms with Crippen LogP contribution >= 0.6 is 0 Å². The highest BCUT2D eigenvalue weighted by atomic mass is 19.4. The van der Waals surface area contributed by atoms with Crippen LogP contribution in [-0.2, 0) is 19.3 Å². The Balaban J connectivity index is 1.44. The van der Waals surface area contributed by atoms with E-state index in [0.717, 1.165) is 34.9 Å². The highest BCUT2D eigenvalue weighted by molar-refractivity contribution is 5.87. The van der Waals surface area contributed by atoms with E-state index in [2.05, 4.69) is 21.6 Å². The van der Waals surface area contributed by atoms with E-state index in [9.17, 15) is 13.2 Å². The zero-order chi connectivity index (χ0) is 24.8. The van der Waals surface area contributed by atoms with Gasteiger partial charge in [-0.15, -0.1) is 13.2 Å². The first kappa shape index (κ1) is 24.6. The predicted octanol–water partition coefficient (Wildman–Crippen LogP) is 7.85. The fourth-order valence-corrected chi connectivity index (χ4v) is 4.02. The largest absolute Gasteiger partial charge is 0.573 e. The topological polar surface area (TPSA) is 35.0 Å². The van der Waals surface area contributed by atoms with Crippen LogP contribution in [0, 0.1) is 5.82 Å². The second-order valence-electron chi connectivity index (χ2n) is 8.54. The lowest BCUT2D eigenvalue weighted by atomic mass is 9.99. The molecule has 0 saturated carbocycles. The van der Waals surface area contributed by atoms with Crippen LogP contribution in [0.2, 0.25) is 0 Å². The fraction of sp³-hybridized carbons (Fsp3) is 0.286. The fourth-order valence-electron chi connectivity index (χ4n) is 4.02. The monoisotopic (exact) mass is 482 g/mol. The van der Waals surface area contributed by atoms with Gasteiger partial charge >= 0.3 is 6.36 Å². The van der Waals surface area contributed by atoms with Crippen molar-refractivity contribution in [1.82, 2.24) is 9.97 Å². The minimum atomic E-state index is -4.72. The van der Waals surface area contributed by atoms with E-state index >= 15 is 4.39 Å². The van der Waals surface area contributed by atoms with E-state index in [0.29, 0.717) is 29.6 Å². The molecule has 182 valence electrons. The number of hydrogen-bond donors (Lipinski definition) is 0. The van der Waals surface area contributed by atoms with Gasteiger partial charge in [-0.1, -0.05) is 56.2 Å². The number of rotatable bonds is 9. The molecule has 35 heavy (non-hydrogen) atoms. The average molecular weight is 483 g/mol. The quantitative estimate of drug-likeness (QED) is 0.180. The molecule has 1 aromatic heterocycles. The molecule has 3 nitrogen and oxygen atoms in total. The van der Waals surface area contributed by atoms with Gasteiger partial charge in [0.25, 0.3) is 0 Å². The van der Waals surface area contributed by atoms with Crippen molar-refractivity contribution in [1.29, 1.82) is 0 Å². The molecule has 0 radical (unpaired) electrons. The van der Waals surface area contributed by atoms with Gasteiger partial charge in [0.15, 0.2) is 5.82 Å². The number of ether oxygens (including phenoxy) is 1. The summed E-state index contributed by atoms with van der Waals surface area (Å²) in [5.74, 6) is 0.0379. The zero-order valence-electron chi connectivity index (χ0n) is 19.4. The van der Waals surface area contributed by atoms with Crippen molar-refractivity contribution < 1.29 is 22.3 Å². The molecule has 7 heteroatoms. The number of hydrogen-bond acceptors (Lipinski definition) is 3. The summed E-state index contributed by atoms with van der Waals surface area (Å²) in [4.78, 5) is 8.97. The third-order valence-electron chi connectivity index (χ3n) is 5.91. The molecule has 0 atom stereocenters. The number of halogens is 4. The summed E-state index contributed by atoms with van der Waals surface area (Å²) in [6, 6.07) is 14.7. The van der Waals surface area contributed by atoms with E-state index in [-0.39, 0.29) is 11.6 Å². The molecule has 0 aliphatic rings. The van der Waals surface area contributed by atoms with Gasteiger partial charge in [-0.2, -0.15) is 0 Å². The standard InChI is InChI=1S/C28H26F4N2O/c1-2-3-4-5-20-17-33-27(34-18-20)23-12-15-25-22(16-23)11-10-21(26(25)29)9-6-19-7-13-24(14-8-19)35-28(30,31)32/h7-8,10-18H,2-6,9H2,1H3. The van der Waals surface area contributed by atoms with Crippen LogP contribution in [-0.4, -0.2) is 16.3 Å². The Kier molecular flexibility index (Phi) is 7.63. The molecule has 0 fully saturated rings. The molecule has 0 N–H and O–H groups in total. The normalized spacial score (nSPS) is 11.7. The highest BCUT2D eigenvalue weighted by Crippen LogP contribution is 2.27. The molecule has 0 amide bonds. The number of aryl methyl sites for hydroxylation is 3. The summed E-state index contributed by atoms with van der Waals surface area (Å²) in [5, 5.41) is 1.27. The Morgan fingerprint density at radius 3 is 2.23 bits per heavy atom. The van der Waals surface area contributed by atoms with Crippen LogP contribution in [0.4, 0.5) is 17.6 Å². The van der Waals surface area contributed by atoms with Crippen molar-refractivity contribution in [3.05, 3.63) is 89.5 Å². The van der Waals surface area contributed by atoms with Crippen LogP contribution in [0.3, 0.4) is 0 Å². The van der Waals surface area contributed by atoms with Gasteiger partial charge in [-0.05, 0) is 66.0 Å². The Morgan fingerprint density at radius 1 is 0.800 bits per heavy atom. The minimum absolute atomic E-state index is 0.274. The summed E-state index contributed by atoms with van der Waals surface area (Å²) >= 11 is 0. The van der Waals surface area contributed by atoms with Gasteiger partial charge in [0, 0.05) is 23.3 Å². The van der Waals surface area contributed by atoms with Crippen LogP contribution in [0.1, 0.15) is 42.9 Å². The third-order valence-corrected chi connectivity index (χ3v) is 5.91. The Hall–Kier alpha value is -3.48. The van der Waals surface area contributed by atoms with Crippen molar-refractivity contribution >= 4 is 10.8 Å². The summed E-state index contributed by atoms with van der Waals surface area (Å²) in [5.41, 5.74) is 3.28. The number of fused-ring (bicyclic) bond motifs is 1. The average Bonchev–Trinajstić information content (AvgIpc) is 2.84. The van der Waals surface area contributed by atoms with Crippen molar-refractivity contribution in [3.8, 4) is 17.1 Å². The van der Waals surface area contributed by atoms with E-state index < -0.39 is 6.36 Å². The molecule has 0 aliphatic heterocycles. The van der Waals surface area contributed by atoms with Gasteiger partial charge in [0.1, 0.15) is 11.6 Å². The minimum Gasteiger partial charge on any atom is -0.406 e. The Morgan fingerprint density at radius 2 is 1.54 bits per heavy atom. The van der Waals surface area contributed by atoms with Crippen molar-refractivity contribution in [2.45, 2.75) is 51.8 Å². The molecule has 4 rings (SSSR count). The second-order valence-corrected chi connectivity index (χ2v) is 8.54. The predicted molar refractivity (Wildman–Crippen MR) is 129 cm³/mol. The summed E-state index contributed by atoms with van der Waals surface area (Å²) in [6.07, 6.45) is 4.34. The summed E-state index contributed by atoms with van der Waals surface area (Å²) in [6.45, 7) is 2.17. The first-order valence-electron chi connectivity index (χ1n) is 11.7. The highest BCUT2D eigenvalue weighted by Gasteiger charge is 2.30. The van der Waals surface area contributed by atoms with Crippen LogP contribution in [0.25, 0.3) is 22.2 Å². The SMILES string of the molecule is CCCCCc1cnc(-c2ccc3c(F)c(CCc4ccc(OC(F)(F)F)cc4)ccc3c2)nc1. The molecule has 4 aromatic rings. The lowest BCUT2D eigenvalue weighted by molar-refractivity contribution is -0.274. The molecule has 1 heterocycles. The maximum atomic E-state index is 15.2. The van der Waals surface area contributed by atoms with Gasteiger partial charge in [-0.3, -0.25) is 0 Å². The number of unbranched alkanes of at least 4 members (excludes halogenated alkanes) is 2. The smallest absolute Gasteiger partial charge is 0.406 e. The summed E-state index contributed by atoms with van der Waals surface area (Å²) < 4.78 is 56.0. The first-order valence-corrected chi connectivity index (χ1v) is 11.7. The molecule has 0 unspecified atom stereocenters. The van der Waals surface area contributed by atoms with Gasteiger partial charge in [-0.25, -0.2) is 14.4 Å². The van der Waals surface area contributed by atoms with E-state index in [1.807, 2.05) is 30.6 Å². The number of alkyl halides is 3. The van der Waals surface area contributed by atoms with E-state index in [1.165, 1.54) is 25.0 Å². The molecule has 3 aromatic carbocycles. The number of benzene rings is 3. The molecule has 0 spiro atoms. The van der Waals surface area contributed by atoms with Crippen molar-refractivity contribution in [3.63, 3.8) is 0 Å². The van der Waals surface area contributed by atoms with E-state index in [4.69, 9.17) is 0 Å². The van der Waals surface area contributed by atoms with Crippen molar-refractivity contribution in [2.75, 3.05) is 0 Å².